The standard InChI is InChI=1S/C14H21N5O4S/c1-3-5-6-19-13(22)17-18-14(19)24-8-10-9(11(20)23-4-2)7-15-12(21)16-10/h3-8H2,1-2H3,(H,17,22)(H2,15,16,21). The Morgan fingerprint density at radius 1 is 1.38 bits per heavy atom. The van der Waals surface area contributed by atoms with Gasteiger partial charge in [-0.25, -0.2) is 19.5 Å². The van der Waals surface area contributed by atoms with Crippen LogP contribution in [0.1, 0.15) is 26.7 Å². The molecule has 132 valence electrons. The number of hydrogen-bond donors (Lipinski definition) is 3. The number of thioether (sulfide) groups is 1. The number of nitrogens with zero attached hydrogens (tertiary/aromatic N) is 2. The fourth-order valence-electron chi connectivity index (χ4n) is 2.13. The topological polar surface area (TPSA) is 118 Å². The van der Waals surface area contributed by atoms with Crippen molar-refractivity contribution in [2.75, 3.05) is 18.9 Å². The average Bonchev–Trinajstić information content (AvgIpc) is 2.91. The molecule has 0 saturated heterocycles. The number of urea groups is 1. The van der Waals surface area contributed by atoms with Gasteiger partial charge in [0.25, 0.3) is 0 Å². The second-order valence-electron chi connectivity index (χ2n) is 5.09. The van der Waals surface area contributed by atoms with Gasteiger partial charge in [0.1, 0.15) is 0 Å². The Morgan fingerprint density at radius 3 is 2.88 bits per heavy atom. The van der Waals surface area contributed by atoms with Gasteiger partial charge in [-0.1, -0.05) is 25.1 Å². The van der Waals surface area contributed by atoms with E-state index in [1.165, 1.54) is 11.8 Å². The van der Waals surface area contributed by atoms with Gasteiger partial charge < -0.3 is 15.4 Å². The van der Waals surface area contributed by atoms with Gasteiger partial charge in [-0.15, -0.1) is 5.10 Å². The van der Waals surface area contributed by atoms with Crippen LogP contribution in [0.4, 0.5) is 4.79 Å². The number of rotatable bonds is 8. The Bertz CT molecular complexity index is 694. The van der Waals surface area contributed by atoms with Crippen LogP contribution in [0.15, 0.2) is 21.2 Å². The summed E-state index contributed by atoms with van der Waals surface area (Å²) in [7, 11) is 0. The largest absolute Gasteiger partial charge is 0.463 e. The van der Waals surface area contributed by atoms with Crippen molar-refractivity contribution in [3.05, 3.63) is 21.8 Å². The number of amides is 2. The second-order valence-corrected chi connectivity index (χ2v) is 6.03. The zero-order valence-electron chi connectivity index (χ0n) is 13.7. The lowest BCUT2D eigenvalue weighted by Gasteiger charge is -2.20. The molecule has 1 aromatic rings. The van der Waals surface area contributed by atoms with Gasteiger partial charge in [0.15, 0.2) is 5.16 Å². The number of nitrogens with one attached hydrogen (secondary N) is 3. The monoisotopic (exact) mass is 355 g/mol. The molecule has 1 aliphatic heterocycles. The number of carbonyl (C=O) groups excluding carboxylic acids is 2. The molecule has 1 aliphatic rings. The van der Waals surface area contributed by atoms with E-state index in [-0.39, 0.29) is 24.9 Å². The van der Waals surface area contributed by atoms with Crippen molar-refractivity contribution in [2.24, 2.45) is 0 Å². The number of ether oxygens (including phenoxy) is 1. The van der Waals surface area contributed by atoms with Crippen molar-refractivity contribution in [3.8, 4) is 0 Å². The van der Waals surface area contributed by atoms with Gasteiger partial charge >= 0.3 is 17.7 Å². The van der Waals surface area contributed by atoms with Crippen molar-refractivity contribution in [1.29, 1.82) is 0 Å². The number of carbonyl (C=O) groups is 2. The summed E-state index contributed by atoms with van der Waals surface area (Å²) in [5, 5.41) is 12.1. The molecule has 0 saturated carbocycles. The highest BCUT2D eigenvalue weighted by atomic mass is 32.2. The van der Waals surface area contributed by atoms with Crippen molar-refractivity contribution in [3.63, 3.8) is 0 Å². The van der Waals surface area contributed by atoms with Crippen molar-refractivity contribution >= 4 is 23.8 Å². The number of hydrogen-bond acceptors (Lipinski definition) is 6. The molecule has 24 heavy (non-hydrogen) atoms. The molecule has 2 rings (SSSR count). The van der Waals surface area contributed by atoms with Gasteiger partial charge in [-0.2, -0.15) is 0 Å². The highest BCUT2D eigenvalue weighted by Crippen LogP contribution is 2.20. The Hall–Kier alpha value is -2.23. The van der Waals surface area contributed by atoms with Gasteiger partial charge in [0.2, 0.25) is 0 Å². The first-order chi connectivity index (χ1) is 11.6. The number of aromatic amines is 1. The molecule has 0 aromatic carbocycles. The Labute approximate surface area is 143 Å². The molecule has 0 aliphatic carbocycles. The lowest BCUT2D eigenvalue weighted by atomic mass is 10.2. The number of esters is 1. The van der Waals surface area contributed by atoms with E-state index in [0.717, 1.165) is 12.8 Å². The predicted octanol–water partition coefficient (Wildman–Crippen LogP) is 0.594. The van der Waals surface area contributed by atoms with Crippen LogP contribution < -0.4 is 16.3 Å². The minimum Gasteiger partial charge on any atom is -0.463 e. The van der Waals surface area contributed by atoms with Crippen LogP contribution in [0.2, 0.25) is 0 Å². The minimum atomic E-state index is -0.467. The Balaban J connectivity index is 2.14. The molecule has 2 amide bonds. The molecule has 0 bridgehead atoms. The SMILES string of the molecule is CCCCn1c(SCC2=C(C(=O)OCC)CNC(=O)N2)n[nH]c1=O. The van der Waals surface area contributed by atoms with Gasteiger partial charge in [0, 0.05) is 18.0 Å². The maximum Gasteiger partial charge on any atom is 0.343 e. The lowest BCUT2D eigenvalue weighted by Crippen LogP contribution is -2.44. The summed E-state index contributed by atoms with van der Waals surface area (Å²) in [6.07, 6.45) is 1.83. The smallest absolute Gasteiger partial charge is 0.343 e. The van der Waals surface area contributed by atoms with Crippen LogP contribution in [0.5, 0.6) is 0 Å². The first-order valence-corrected chi connectivity index (χ1v) is 8.77. The summed E-state index contributed by atoms with van der Waals surface area (Å²) in [5.41, 5.74) is 0.585. The van der Waals surface area contributed by atoms with Gasteiger partial charge in [-0.05, 0) is 13.3 Å². The summed E-state index contributed by atoms with van der Waals surface area (Å²) in [5.74, 6) is -0.163. The molecule has 0 atom stereocenters. The third-order valence-corrected chi connectivity index (χ3v) is 4.38. The molecule has 0 radical (unpaired) electrons. The van der Waals surface area contributed by atoms with Crippen LogP contribution in [-0.2, 0) is 16.1 Å². The van der Waals surface area contributed by atoms with Gasteiger partial charge in [-0.3, -0.25) is 4.57 Å². The average molecular weight is 355 g/mol. The molecule has 9 nitrogen and oxygen atoms in total. The fourth-order valence-corrected chi connectivity index (χ4v) is 3.09. The van der Waals surface area contributed by atoms with E-state index < -0.39 is 5.97 Å². The quantitative estimate of drug-likeness (QED) is 0.464. The maximum atomic E-state index is 12.0. The first-order valence-electron chi connectivity index (χ1n) is 7.78. The summed E-state index contributed by atoms with van der Waals surface area (Å²) in [6.45, 7) is 4.71. The number of aromatic nitrogens is 3. The molecule has 0 fully saturated rings. The van der Waals surface area contributed by atoms with E-state index in [2.05, 4.69) is 20.8 Å². The van der Waals surface area contributed by atoms with Crippen LogP contribution in [0, 0.1) is 0 Å². The van der Waals surface area contributed by atoms with E-state index >= 15 is 0 Å². The van der Waals surface area contributed by atoms with Gasteiger partial charge in [0.05, 0.1) is 18.7 Å². The van der Waals surface area contributed by atoms with Crippen molar-refractivity contribution < 1.29 is 14.3 Å². The zero-order chi connectivity index (χ0) is 17.5. The first kappa shape index (κ1) is 18.1. The molecule has 3 N–H and O–H groups in total. The Morgan fingerprint density at radius 2 is 2.17 bits per heavy atom. The zero-order valence-corrected chi connectivity index (χ0v) is 14.5. The summed E-state index contributed by atoms with van der Waals surface area (Å²) < 4.78 is 6.56. The predicted molar refractivity (Wildman–Crippen MR) is 88.7 cm³/mol. The second kappa shape index (κ2) is 8.57. The fraction of sp³-hybridized carbons (Fsp3) is 0.571. The number of unbranched alkanes of at least 4 members (excludes halogenated alkanes) is 1. The van der Waals surface area contributed by atoms with E-state index in [4.69, 9.17) is 4.74 Å². The highest BCUT2D eigenvalue weighted by molar-refractivity contribution is 7.99. The lowest BCUT2D eigenvalue weighted by molar-refractivity contribution is -0.138. The van der Waals surface area contributed by atoms with Crippen LogP contribution in [0.3, 0.4) is 0 Å². The third kappa shape index (κ3) is 4.40. The van der Waals surface area contributed by atoms with E-state index in [1.54, 1.807) is 11.5 Å². The summed E-state index contributed by atoms with van der Waals surface area (Å²) >= 11 is 1.28. The van der Waals surface area contributed by atoms with Crippen LogP contribution in [-0.4, -0.2) is 45.7 Å². The highest BCUT2D eigenvalue weighted by Gasteiger charge is 2.24. The van der Waals surface area contributed by atoms with Crippen LogP contribution in [0.25, 0.3) is 0 Å². The normalized spacial score (nSPS) is 14.3. The molecule has 0 unspecified atom stereocenters. The minimum absolute atomic E-state index is 0.115. The van der Waals surface area contributed by atoms with Crippen molar-refractivity contribution in [1.82, 2.24) is 25.4 Å². The maximum absolute atomic E-state index is 12.0. The Kier molecular flexibility index (Phi) is 6.47. The summed E-state index contributed by atoms with van der Waals surface area (Å²) in [4.78, 5) is 35.3. The van der Waals surface area contributed by atoms with Crippen molar-refractivity contribution in [2.45, 2.75) is 38.4 Å². The molecule has 0 spiro atoms. The molecule has 2 heterocycles. The van der Waals surface area contributed by atoms with E-state index in [0.29, 0.717) is 28.7 Å². The van der Waals surface area contributed by atoms with E-state index in [9.17, 15) is 14.4 Å². The summed E-state index contributed by atoms with van der Waals surface area (Å²) in [6, 6.07) is -0.371. The third-order valence-electron chi connectivity index (χ3n) is 3.38. The molecule has 10 heteroatoms. The number of H-pyrrole nitrogens is 1. The molecular weight excluding hydrogens is 334 g/mol. The molecular formula is C14H21N5O4S. The molecule has 1 aromatic heterocycles. The van der Waals surface area contributed by atoms with Crippen LogP contribution >= 0.6 is 11.8 Å². The van der Waals surface area contributed by atoms with E-state index in [1.807, 2.05) is 6.92 Å².